The lowest BCUT2D eigenvalue weighted by atomic mass is 9.82. The van der Waals surface area contributed by atoms with Crippen molar-refractivity contribution in [2.75, 3.05) is 4.90 Å². The van der Waals surface area contributed by atoms with Crippen LogP contribution in [0.5, 0.6) is 0 Å². The minimum atomic E-state index is 0.468. The van der Waals surface area contributed by atoms with Gasteiger partial charge >= 0.3 is 0 Å². The van der Waals surface area contributed by atoms with Crippen LogP contribution in [0.2, 0.25) is 0 Å². The summed E-state index contributed by atoms with van der Waals surface area (Å²) in [4.78, 5) is 2.28. The predicted molar refractivity (Wildman–Crippen MR) is 260 cm³/mol. The third-order valence-corrected chi connectivity index (χ3v) is 11.5. The van der Waals surface area contributed by atoms with Gasteiger partial charge in [0.25, 0.3) is 0 Å². The van der Waals surface area contributed by atoms with Crippen LogP contribution in [-0.2, 0) is 0 Å². The molecule has 294 valence electrons. The molecular weight excluding hydrogens is 751 g/mol. The number of nitrogens with one attached hydrogen (secondary N) is 2. The lowest BCUT2D eigenvalue weighted by Crippen LogP contribution is -2.23. The normalized spacial score (nSPS) is 12.8. The fourth-order valence-electron chi connectivity index (χ4n) is 8.48. The Morgan fingerprint density at radius 2 is 0.694 bits per heavy atom. The van der Waals surface area contributed by atoms with E-state index in [1.807, 2.05) is 48.5 Å². The third kappa shape index (κ3) is 7.56. The first-order valence-corrected chi connectivity index (χ1v) is 21.0. The zero-order valence-corrected chi connectivity index (χ0v) is 34.1. The second kappa shape index (κ2) is 17.1. The molecule has 2 N–H and O–H groups in total. The minimum Gasteiger partial charge on any atom is -0.353 e. The van der Waals surface area contributed by atoms with Crippen LogP contribution >= 0.6 is 0 Å². The maximum absolute atomic E-state index is 9.62. The van der Waals surface area contributed by atoms with E-state index < -0.39 is 0 Å². The Morgan fingerprint density at radius 1 is 0.323 bits per heavy atom. The van der Waals surface area contributed by atoms with Crippen molar-refractivity contribution in [2.24, 2.45) is 0 Å². The molecule has 3 heteroatoms. The van der Waals surface area contributed by atoms with Crippen molar-refractivity contribution in [3.8, 4) is 22.3 Å². The van der Waals surface area contributed by atoms with E-state index in [9.17, 15) is 5.41 Å². The molecule has 0 bridgehead atoms. The number of anilines is 3. The van der Waals surface area contributed by atoms with Crippen LogP contribution in [0.3, 0.4) is 0 Å². The number of allylic oxidation sites excluding steroid dienone is 1. The summed E-state index contributed by atoms with van der Waals surface area (Å²) in [5.41, 5.74) is 18.6. The highest BCUT2D eigenvalue weighted by molar-refractivity contribution is 6.36. The maximum atomic E-state index is 9.62. The zero-order valence-electron chi connectivity index (χ0n) is 34.1. The van der Waals surface area contributed by atoms with Crippen LogP contribution in [0, 0.1) is 5.41 Å². The molecule has 3 nitrogen and oxygen atoms in total. The molecule has 0 saturated heterocycles. The summed E-state index contributed by atoms with van der Waals surface area (Å²) >= 11 is 0. The van der Waals surface area contributed by atoms with Crippen molar-refractivity contribution >= 4 is 45.3 Å². The van der Waals surface area contributed by atoms with Crippen molar-refractivity contribution in [1.82, 2.24) is 5.32 Å². The number of benzene rings is 9. The van der Waals surface area contributed by atoms with Gasteiger partial charge < -0.3 is 10.2 Å². The summed E-state index contributed by atoms with van der Waals surface area (Å²) < 4.78 is 0. The Balaban J connectivity index is 0.990. The van der Waals surface area contributed by atoms with E-state index in [-0.39, 0.29) is 0 Å². The van der Waals surface area contributed by atoms with Crippen molar-refractivity contribution in [1.29, 1.82) is 5.41 Å². The maximum Gasteiger partial charge on any atom is 0.0711 e. The molecule has 1 aliphatic rings. The first-order valence-electron chi connectivity index (χ1n) is 21.0. The molecule has 0 atom stereocenters. The monoisotopic (exact) mass is 793 g/mol. The van der Waals surface area contributed by atoms with Crippen molar-refractivity contribution in [2.45, 2.75) is 0 Å². The highest BCUT2D eigenvalue weighted by Gasteiger charge is 2.28. The zero-order chi connectivity index (χ0) is 41.7. The molecule has 0 amide bonds. The quantitative estimate of drug-likeness (QED) is 0.135. The first-order chi connectivity index (χ1) is 30.7. The van der Waals surface area contributed by atoms with Gasteiger partial charge in [0.2, 0.25) is 0 Å². The summed E-state index contributed by atoms with van der Waals surface area (Å²) in [7, 11) is 0. The second-order valence-corrected chi connectivity index (χ2v) is 15.4. The molecule has 0 fully saturated rings. The lowest BCUT2D eigenvalue weighted by molar-refractivity contribution is 1.20. The summed E-state index contributed by atoms with van der Waals surface area (Å²) in [5, 5.41) is 13.6. The smallest absolute Gasteiger partial charge is 0.0711 e. The van der Waals surface area contributed by atoms with Gasteiger partial charge in [-0.2, -0.15) is 0 Å². The van der Waals surface area contributed by atoms with Crippen LogP contribution < -0.4 is 10.2 Å². The predicted octanol–water partition coefficient (Wildman–Crippen LogP) is 14.9. The third-order valence-electron chi connectivity index (χ3n) is 11.5. The van der Waals surface area contributed by atoms with Gasteiger partial charge in [-0.1, -0.05) is 212 Å². The van der Waals surface area contributed by atoms with Crippen LogP contribution in [0.15, 0.2) is 249 Å². The molecule has 10 rings (SSSR count). The topological polar surface area (TPSA) is 39.1 Å². The number of hydrogen-bond donors (Lipinski definition) is 2. The van der Waals surface area contributed by atoms with Gasteiger partial charge in [-0.3, -0.25) is 5.41 Å². The molecule has 0 saturated carbocycles. The molecule has 1 heterocycles. The summed E-state index contributed by atoms with van der Waals surface area (Å²) in [6.07, 6.45) is 0. The molecule has 0 radical (unpaired) electrons. The lowest BCUT2D eigenvalue weighted by Gasteiger charge is -2.30. The largest absolute Gasteiger partial charge is 0.353 e. The van der Waals surface area contributed by atoms with E-state index in [2.05, 4.69) is 210 Å². The van der Waals surface area contributed by atoms with Gasteiger partial charge in [-0.15, -0.1) is 0 Å². The average molecular weight is 794 g/mol. The Kier molecular flexibility index (Phi) is 10.5. The summed E-state index contributed by atoms with van der Waals surface area (Å²) in [5.74, 6) is 0. The van der Waals surface area contributed by atoms with E-state index in [0.717, 1.165) is 84.1 Å². The van der Waals surface area contributed by atoms with Crippen LogP contribution in [0.4, 0.5) is 17.1 Å². The van der Waals surface area contributed by atoms with E-state index in [1.165, 1.54) is 11.1 Å². The fraction of sp³-hybridized carbons (Fsp3) is 0. The second-order valence-electron chi connectivity index (χ2n) is 15.4. The van der Waals surface area contributed by atoms with Crippen molar-refractivity contribution in [3.05, 3.63) is 282 Å². The standard InChI is InChI=1S/C59H43N3/c60-57(48-20-8-2-9-21-48)56(46-18-6-1-7-19-46)59-54-29-17-16-28-53(54)55(58(61-59)49-22-10-3-11-23-49)47-36-34-44(35-37-47)42-30-32-43(33-31-42)45-38-40-52(41-39-45)62(50-24-12-4-13-25-50)51-26-14-5-15-27-51/h1-41,60-61H/b59-56-,60-57?. The van der Waals surface area contributed by atoms with Crippen molar-refractivity contribution in [3.63, 3.8) is 0 Å². The fourth-order valence-corrected chi connectivity index (χ4v) is 8.48. The van der Waals surface area contributed by atoms with Crippen molar-refractivity contribution < 1.29 is 0 Å². The molecule has 1 aliphatic heterocycles. The molecular formula is C59H43N3. The van der Waals surface area contributed by atoms with Gasteiger partial charge in [0.05, 0.1) is 17.1 Å². The Hall–Kier alpha value is -8.27. The Bertz CT molecular complexity index is 2990. The van der Waals surface area contributed by atoms with Gasteiger partial charge in [0, 0.05) is 39.3 Å². The molecule has 9 aromatic rings. The minimum absolute atomic E-state index is 0.468. The van der Waals surface area contributed by atoms with Crippen LogP contribution in [0.1, 0.15) is 33.4 Å². The molecule has 0 spiro atoms. The number of nitrogens with zero attached hydrogens (tertiary/aromatic N) is 1. The van der Waals surface area contributed by atoms with E-state index in [0.29, 0.717) is 5.71 Å². The number of para-hydroxylation sites is 2. The number of rotatable bonds is 10. The molecule has 0 unspecified atom stereocenters. The van der Waals surface area contributed by atoms with E-state index in [1.54, 1.807) is 0 Å². The highest BCUT2D eigenvalue weighted by Crippen LogP contribution is 2.43. The summed E-state index contributed by atoms with van der Waals surface area (Å²) in [6.45, 7) is 0. The van der Waals surface area contributed by atoms with E-state index in [4.69, 9.17) is 0 Å². The number of fused-ring (bicyclic) bond motifs is 1. The average Bonchev–Trinajstić information content (AvgIpc) is 3.36. The van der Waals surface area contributed by atoms with Gasteiger partial charge in [-0.25, -0.2) is 0 Å². The molecule has 62 heavy (non-hydrogen) atoms. The molecule has 0 aliphatic carbocycles. The Morgan fingerprint density at radius 3 is 1.19 bits per heavy atom. The SMILES string of the molecule is N=C(/C(=C1\NC(c2ccccc2)=C(c2ccc(-c3ccc(-c4ccc(N(c5ccccc5)c5ccccc5)cc4)cc3)cc2)c2ccccc21)c1ccccc1)c1ccccc1. The van der Waals surface area contributed by atoms with E-state index >= 15 is 0 Å². The highest BCUT2D eigenvalue weighted by atomic mass is 15.1. The van der Waals surface area contributed by atoms with Gasteiger partial charge in [-0.05, 0) is 80.9 Å². The molecule has 0 aromatic heterocycles. The Labute approximate surface area is 363 Å². The first kappa shape index (κ1) is 38.0. The summed E-state index contributed by atoms with van der Waals surface area (Å²) in [6, 6.07) is 87.1. The van der Waals surface area contributed by atoms with Gasteiger partial charge in [0.15, 0.2) is 0 Å². The van der Waals surface area contributed by atoms with Gasteiger partial charge in [0.1, 0.15) is 0 Å². The molecule has 9 aromatic carbocycles. The number of hydrogen-bond acceptors (Lipinski definition) is 3. The van der Waals surface area contributed by atoms with Crippen LogP contribution in [0.25, 0.3) is 44.8 Å². The van der Waals surface area contributed by atoms with Crippen LogP contribution in [-0.4, -0.2) is 5.71 Å².